The molecule has 0 fully saturated rings. The van der Waals surface area contributed by atoms with Crippen LogP contribution in [0.15, 0.2) is 45.5 Å². The van der Waals surface area contributed by atoms with Crippen LogP contribution in [0.2, 0.25) is 0 Å². The molecule has 7 nitrogen and oxygen atoms in total. The zero-order valence-corrected chi connectivity index (χ0v) is 11.5. The Morgan fingerprint density at radius 2 is 1.90 bits per heavy atom. The monoisotopic (exact) mass is 311 g/mol. The molecule has 0 amide bonds. The smallest absolute Gasteiger partial charge is 0.295 e. The molecule has 2 aromatic rings. The number of nitrogens with zero attached hydrogens (tertiary/aromatic N) is 2. The van der Waals surface area contributed by atoms with Gasteiger partial charge in [0, 0.05) is 10.8 Å². The van der Waals surface area contributed by atoms with Gasteiger partial charge in [-0.15, -0.1) is 10.2 Å². The highest BCUT2D eigenvalue weighted by Crippen LogP contribution is 2.37. The molecular weight excluding hydrogens is 302 g/mol. The average molecular weight is 311 g/mol. The third-order valence-corrected chi connectivity index (χ3v) is 3.50. The average Bonchev–Trinajstić information content (AvgIpc) is 2.36. The molecule has 0 aliphatic carbocycles. The summed E-state index contributed by atoms with van der Waals surface area (Å²) in [5.41, 5.74) is 5.24. The van der Waals surface area contributed by atoms with Crippen LogP contribution in [0.1, 0.15) is 0 Å². The van der Waals surface area contributed by atoms with E-state index >= 15 is 0 Å². The fourth-order valence-corrected chi connectivity index (χ4v) is 2.46. The maximum absolute atomic E-state index is 11.3. The summed E-state index contributed by atoms with van der Waals surface area (Å²) in [6.07, 6.45) is 0. The number of hydrogen-bond donors (Lipinski definition) is 3. The molecule has 0 saturated carbocycles. The standard InChI is InChI=1S/C11H9N3O4S2/c12-11(19)14-13-8-5-4-6-7(10(8)15)2-1-3-9(6)20(16,17)18/h1-5,15H,(H2,12,19)(H,16,17,18). The predicted octanol–water partition coefficient (Wildman–Crippen LogP) is 2.12. The van der Waals surface area contributed by atoms with Crippen LogP contribution in [0.25, 0.3) is 10.8 Å². The number of rotatable bonds is 2. The van der Waals surface area contributed by atoms with Crippen molar-refractivity contribution >= 4 is 43.9 Å². The molecule has 0 aromatic heterocycles. The van der Waals surface area contributed by atoms with Crippen LogP contribution < -0.4 is 5.73 Å². The van der Waals surface area contributed by atoms with Crippen LogP contribution in [-0.4, -0.2) is 23.2 Å². The molecule has 0 aliphatic rings. The first-order valence-corrected chi connectivity index (χ1v) is 7.09. The molecule has 4 N–H and O–H groups in total. The Kier molecular flexibility index (Phi) is 3.66. The van der Waals surface area contributed by atoms with Crippen molar-refractivity contribution in [2.45, 2.75) is 4.90 Å². The lowest BCUT2D eigenvalue weighted by Gasteiger charge is -2.06. The SMILES string of the molecule is NC(=S)N=Nc1ccc2c(S(=O)(=O)O)cccc2c1O. The van der Waals surface area contributed by atoms with Gasteiger partial charge in [0.2, 0.25) is 5.11 Å². The first-order valence-electron chi connectivity index (χ1n) is 5.24. The van der Waals surface area contributed by atoms with E-state index in [2.05, 4.69) is 22.4 Å². The van der Waals surface area contributed by atoms with E-state index in [1.807, 2.05) is 0 Å². The van der Waals surface area contributed by atoms with E-state index in [0.29, 0.717) is 0 Å². The molecule has 0 spiro atoms. The summed E-state index contributed by atoms with van der Waals surface area (Å²) in [6, 6.07) is 6.84. The van der Waals surface area contributed by atoms with E-state index in [4.69, 9.17) is 10.3 Å². The number of phenolic OH excluding ortho intramolecular Hbond substituents is 1. The summed E-state index contributed by atoms with van der Waals surface area (Å²) in [6.45, 7) is 0. The molecule has 0 unspecified atom stereocenters. The maximum Gasteiger partial charge on any atom is 0.295 e. The fourth-order valence-electron chi connectivity index (χ4n) is 1.71. The Balaban J connectivity index is 2.73. The van der Waals surface area contributed by atoms with E-state index in [1.54, 1.807) is 0 Å². The molecule has 104 valence electrons. The lowest BCUT2D eigenvalue weighted by atomic mass is 10.1. The summed E-state index contributed by atoms with van der Waals surface area (Å²) in [5, 5.41) is 17.3. The van der Waals surface area contributed by atoms with Crippen LogP contribution in [0.4, 0.5) is 5.69 Å². The molecule has 0 radical (unpaired) electrons. The Morgan fingerprint density at radius 3 is 2.50 bits per heavy atom. The number of thiocarbonyl (C=S) groups is 1. The van der Waals surface area contributed by atoms with Crippen LogP contribution in [0.3, 0.4) is 0 Å². The van der Waals surface area contributed by atoms with E-state index < -0.39 is 10.1 Å². The van der Waals surface area contributed by atoms with Gasteiger partial charge in [0.25, 0.3) is 10.1 Å². The maximum atomic E-state index is 11.3. The number of azo groups is 1. The normalized spacial score (nSPS) is 12.1. The van der Waals surface area contributed by atoms with Crippen LogP contribution in [0, 0.1) is 0 Å². The second-order valence-electron chi connectivity index (χ2n) is 3.80. The van der Waals surface area contributed by atoms with Crippen LogP contribution in [-0.2, 0) is 10.1 Å². The Hall–Kier alpha value is -2.10. The molecule has 0 aliphatic heterocycles. The zero-order valence-electron chi connectivity index (χ0n) is 9.89. The van der Waals surface area contributed by atoms with Gasteiger partial charge < -0.3 is 10.8 Å². The molecule has 2 rings (SSSR count). The number of aromatic hydroxyl groups is 1. The molecule has 0 bridgehead atoms. The molecule has 20 heavy (non-hydrogen) atoms. The first kappa shape index (κ1) is 14.3. The lowest BCUT2D eigenvalue weighted by molar-refractivity contribution is 0.482. The number of nitrogens with two attached hydrogens (primary N) is 1. The van der Waals surface area contributed by atoms with Crippen LogP contribution in [0.5, 0.6) is 5.75 Å². The molecule has 9 heteroatoms. The van der Waals surface area contributed by atoms with E-state index in [9.17, 15) is 13.5 Å². The molecule has 0 saturated heterocycles. The van der Waals surface area contributed by atoms with Gasteiger partial charge in [-0.2, -0.15) is 8.42 Å². The third-order valence-electron chi connectivity index (χ3n) is 2.51. The van der Waals surface area contributed by atoms with Gasteiger partial charge in [0.15, 0.2) is 5.75 Å². The van der Waals surface area contributed by atoms with Gasteiger partial charge in [-0.1, -0.05) is 18.2 Å². The fraction of sp³-hybridized carbons (Fsp3) is 0. The largest absolute Gasteiger partial charge is 0.505 e. The van der Waals surface area contributed by atoms with E-state index in [1.165, 1.54) is 30.3 Å². The van der Waals surface area contributed by atoms with Crippen molar-refractivity contribution in [2.24, 2.45) is 16.0 Å². The van der Waals surface area contributed by atoms with Crippen molar-refractivity contribution in [2.75, 3.05) is 0 Å². The van der Waals surface area contributed by atoms with Crippen LogP contribution >= 0.6 is 12.2 Å². The second kappa shape index (κ2) is 5.12. The third kappa shape index (κ3) is 2.74. The number of benzene rings is 2. The highest BCUT2D eigenvalue weighted by Gasteiger charge is 2.16. The van der Waals surface area contributed by atoms with Gasteiger partial charge in [-0.25, -0.2) is 0 Å². The molecule has 2 aromatic carbocycles. The van der Waals surface area contributed by atoms with Crippen molar-refractivity contribution in [1.82, 2.24) is 0 Å². The van der Waals surface area contributed by atoms with Gasteiger partial charge in [0.05, 0.1) is 0 Å². The summed E-state index contributed by atoms with van der Waals surface area (Å²) in [7, 11) is -4.39. The highest BCUT2D eigenvalue weighted by molar-refractivity contribution is 7.86. The molecule has 0 atom stereocenters. The van der Waals surface area contributed by atoms with Gasteiger partial charge in [-0.3, -0.25) is 4.55 Å². The lowest BCUT2D eigenvalue weighted by Crippen LogP contribution is -2.01. The summed E-state index contributed by atoms with van der Waals surface area (Å²) < 4.78 is 31.7. The zero-order chi connectivity index (χ0) is 14.9. The minimum Gasteiger partial charge on any atom is -0.505 e. The number of fused-ring (bicyclic) bond motifs is 1. The quantitative estimate of drug-likeness (QED) is 0.443. The highest BCUT2D eigenvalue weighted by atomic mass is 32.2. The minimum absolute atomic E-state index is 0.0813. The van der Waals surface area contributed by atoms with E-state index in [-0.39, 0.29) is 32.2 Å². The van der Waals surface area contributed by atoms with Crippen molar-refractivity contribution in [3.05, 3.63) is 30.3 Å². The van der Waals surface area contributed by atoms with Crippen molar-refractivity contribution < 1.29 is 18.1 Å². The summed E-state index contributed by atoms with van der Waals surface area (Å²) >= 11 is 4.53. The van der Waals surface area contributed by atoms with Crippen molar-refractivity contribution in [3.63, 3.8) is 0 Å². The van der Waals surface area contributed by atoms with Gasteiger partial charge in [-0.05, 0) is 24.4 Å². The number of phenols is 1. The Bertz CT molecular complexity index is 831. The summed E-state index contributed by atoms with van der Waals surface area (Å²) in [5.74, 6) is -0.284. The van der Waals surface area contributed by atoms with Crippen molar-refractivity contribution in [3.8, 4) is 5.75 Å². The summed E-state index contributed by atoms with van der Waals surface area (Å²) in [4.78, 5) is -0.303. The minimum atomic E-state index is -4.39. The van der Waals surface area contributed by atoms with Gasteiger partial charge in [0.1, 0.15) is 10.6 Å². The topological polar surface area (TPSA) is 125 Å². The van der Waals surface area contributed by atoms with E-state index in [0.717, 1.165) is 0 Å². The molecular formula is C11H9N3O4S2. The molecule has 0 heterocycles. The Morgan fingerprint density at radius 1 is 1.20 bits per heavy atom. The van der Waals surface area contributed by atoms with Gasteiger partial charge >= 0.3 is 0 Å². The predicted molar refractivity (Wildman–Crippen MR) is 76.7 cm³/mol. The number of hydrogen-bond acceptors (Lipinski definition) is 5. The first-order chi connectivity index (χ1) is 9.30. The Labute approximate surface area is 119 Å². The van der Waals surface area contributed by atoms with Crippen molar-refractivity contribution in [1.29, 1.82) is 0 Å². The second-order valence-corrected chi connectivity index (χ2v) is 5.61.